The van der Waals surface area contributed by atoms with Gasteiger partial charge in [-0.15, -0.1) is 0 Å². The lowest BCUT2D eigenvalue weighted by molar-refractivity contribution is -0.116. The zero-order valence-electron chi connectivity index (χ0n) is 13.8. The fourth-order valence-electron chi connectivity index (χ4n) is 2.29. The van der Waals surface area contributed by atoms with E-state index in [1.165, 1.54) is 18.1 Å². The molecule has 2 rings (SSSR count). The molecule has 4 nitrogen and oxygen atoms in total. The molecule has 0 heterocycles. The van der Waals surface area contributed by atoms with Crippen LogP contribution in [0.1, 0.15) is 18.1 Å². The molecule has 0 saturated carbocycles. The molecule has 120 valence electrons. The molecule has 0 radical (unpaired) electrons. The Labute approximate surface area is 142 Å². The van der Waals surface area contributed by atoms with Crippen LogP contribution in [0.3, 0.4) is 0 Å². The Bertz CT molecular complexity index is 705. The Kier molecular flexibility index (Phi) is 5.34. The first-order valence-electron chi connectivity index (χ1n) is 7.36. The van der Waals surface area contributed by atoms with Crippen LogP contribution < -0.4 is 15.5 Å². The van der Waals surface area contributed by atoms with E-state index in [2.05, 4.69) is 30.5 Å². The van der Waals surface area contributed by atoms with E-state index in [0.717, 1.165) is 17.1 Å². The predicted octanol–water partition coefficient (Wildman–Crippen LogP) is 4.10. The van der Waals surface area contributed by atoms with Gasteiger partial charge >= 0.3 is 0 Å². The van der Waals surface area contributed by atoms with Crippen LogP contribution in [0.15, 0.2) is 42.5 Å². The van der Waals surface area contributed by atoms with Crippen LogP contribution in [-0.4, -0.2) is 18.1 Å². The van der Waals surface area contributed by atoms with Crippen LogP contribution in [0, 0.1) is 13.8 Å². The van der Waals surface area contributed by atoms with Crippen LogP contribution in [-0.2, 0) is 4.79 Å². The summed E-state index contributed by atoms with van der Waals surface area (Å²) in [5.41, 5.74) is 5.05. The second-order valence-corrected chi connectivity index (χ2v) is 5.99. The molecular weight excluding hydrogens is 306 g/mol. The lowest BCUT2D eigenvalue weighted by atomic mass is 10.1. The molecule has 0 aliphatic carbocycles. The van der Waals surface area contributed by atoms with Gasteiger partial charge in [-0.1, -0.05) is 6.07 Å². The molecule has 2 aromatic carbocycles. The van der Waals surface area contributed by atoms with E-state index in [-0.39, 0.29) is 5.91 Å². The molecular formula is C18H21N3OS. The highest BCUT2D eigenvalue weighted by molar-refractivity contribution is 7.80. The van der Waals surface area contributed by atoms with Crippen molar-refractivity contribution in [2.45, 2.75) is 20.8 Å². The summed E-state index contributed by atoms with van der Waals surface area (Å²) >= 11 is 5.34. The molecule has 2 N–H and O–H groups in total. The van der Waals surface area contributed by atoms with Gasteiger partial charge in [0, 0.05) is 31.0 Å². The summed E-state index contributed by atoms with van der Waals surface area (Å²) in [7, 11) is 1.75. The molecule has 0 spiro atoms. The van der Waals surface area contributed by atoms with Crippen molar-refractivity contribution in [3.63, 3.8) is 0 Å². The van der Waals surface area contributed by atoms with Crippen LogP contribution in [0.4, 0.5) is 17.1 Å². The number of rotatable bonds is 3. The monoisotopic (exact) mass is 327 g/mol. The summed E-state index contributed by atoms with van der Waals surface area (Å²) in [5.74, 6) is -0.00212. The lowest BCUT2D eigenvalue weighted by Crippen LogP contribution is -2.23. The van der Waals surface area contributed by atoms with Gasteiger partial charge in [0.15, 0.2) is 5.11 Å². The second-order valence-electron chi connectivity index (χ2n) is 5.58. The Morgan fingerprint density at radius 2 is 1.48 bits per heavy atom. The Balaban J connectivity index is 2.01. The van der Waals surface area contributed by atoms with Crippen molar-refractivity contribution in [2.24, 2.45) is 0 Å². The number of thiocarbonyl (C=S) groups is 1. The van der Waals surface area contributed by atoms with Gasteiger partial charge in [-0.3, -0.25) is 4.79 Å². The zero-order valence-corrected chi connectivity index (χ0v) is 14.6. The van der Waals surface area contributed by atoms with E-state index in [9.17, 15) is 4.79 Å². The first-order valence-corrected chi connectivity index (χ1v) is 7.76. The van der Waals surface area contributed by atoms with Gasteiger partial charge in [0.25, 0.3) is 0 Å². The minimum Gasteiger partial charge on any atom is -0.332 e. The molecule has 0 aliphatic heterocycles. The van der Waals surface area contributed by atoms with Gasteiger partial charge in [0.05, 0.1) is 0 Å². The number of aryl methyl sites for hydroxylation is 2. The molecule has 0 unspecified atom stereocenters. The molecule has 2 aromatic rings. The van der Waals surface area contributed by atoms with Crippen molar-refractivity contribution in [3.05, 3.63) is 53.6 Å². The quantitative estimate of drug-likeness (QED) is 0.833. The minimum atomic E-state index is -0.00212. The summed E-state index contributed by atoms with van der Waals surface area (Å²) in [6.07, 6.45) is 0. The Morgan fingerprint density at radius 3 is 2.00 bits per heavy atom. The predicted molar refractivity (Wildman–Crippen MR) is 101 cm³/mol. The molecule has 23 heavy (non-hydrogen) atoms. The summed E-state index contributed by atoms with van der Waals surface area (Å²) < 4.78 is 0. The topological polar surface area (TPSA) is 44.4 Å². The number of hydrogen-bond acceptors (Lipinski definition) is 2. The number of amides is 1. The number of hydrogen-bond donors (Lipinski definition) is 2. The maximum atomic E-state index is 11.3. The van der Waals surface area contributed by atoms with Crippen molar-refractivity contribution in [3.8, 4) is 0 Å². The minimum absolute atomic E-state index is 0.00212. The third-order valence-corrected chi connectivity index (χ3v) is 3.67. The van der Waals surface area contributed by atoms with Gasteiger partial charge in [-0.2, -0.15) is 0 Å². The first kappa shape index (κ1) is 17.0. The summed E-state index contributed by atoms with van der Waals surface area (Å²) in [6, 6.07) is 13.8. The van der Waals surface area contributed by atoms with Crippen LogP contribution in [0.5, 0.6) is 0 Å². The third-order valence-electron chi connectivity index (χ3n) is 3.46. The molecule has 0 saturated heterocycles. The molecule has 0 aliphatic rings. The van der Waals surface area contributed by atoms with Crippen LogP contribution in [0.25, 0.3) is 0 Å². The van der Waals surface area contributed by atoms with Crippen LogP contribution in [0.2, 0.25) is 0 Å². The van der Waals surface area contributed by atoms with Gasteiger partial charge in [0.1, 0.15) is 0 Å². The van der Waals surface area contributed by atoms with Crippen molar-refractivity contribution in [2.75, 3.05) is 22.6 Å². The standard InChI is InChI=1S/C18H21N3OS/c1-12-9-13(2)11-16(10-12)20-18(23)19-15-5-7-17(8-6-15)21(4)14(3)22/h5-11H,1-4H3,(H2,19,20,23). The smallest absolute Gasteiger partial charge is 0.223 e. The van der Waals surface area contributed by atoms with Crippen LogP contribution >= 0.6 is 12.2 Å². The molecule has 1 amide bonds. The van der Waals surface area contributed by atoms with E-state index in [1.807, 2.05) is 36.4 Å². The number of benzene rings is 2. The number of anilines is 3. The fraction of sp³-hybridized carbons (Fsp3) is 0.222. The summed E-state index contributed by atoms with van der Waals surface area (Å²) in [6.45, 7) is 5.65. The zero-order chi connectivity index (χ0) is 17.0. The number of nitrogens with one attached hydrogen (secondary N) is 2. The largest absolute Gasteiger partial charge is 0.332 e. The average Bonchev–Trinajstić information content (AvgIpc) is 2.45. The summed E-state index contributed by atoms with van der Waals surface area (Å²) in [4.78, 5) is 12.9. The van der Waals surface area contributed by atoms with Gasteiger partial charge < -0.3 is 15.5 Å². The SMILES string of the molecule is CC(=O)N(C)c1ccc(NC(=S)Nc2cc(C)cc(C)c2)cc1. The van der Waals surface area contributed by atoms with Crippen molar-refractivity contribution < 1.29 is 4.79 Å². The fourth-order valence-corrected chi connectivity index (χ4v) is 2.53. The van der Waals surface area contributed by atoms with Crippen molar-refractivity contribution in [1.82, 2.24) is 0 Å². The normalized spacial score (nSPS) is 10.1. The number of carbonyl (C=O) groups excluding carboxylic acids is 1. The maximum Gasteiger partial charge on any atom is 0.223 e. The van der Waals surface area contributed by atoms with Gasteiger partial charge in [0.2, 0.25) is 5.91 Å². The van der Waals surface area contributed by atoms with Crippen molar-refractivity contribution >= 4 is 40.3 Å². The highest BCUT2D eigenvalue weighted by Crippen LogP contribution is 2.18. The van der Waals surface area contributed by atoms with E-state index in [0.29, 0.717) is 5.11 Å². The molecule has 0 bridgehead atoms. The maximum absolute atomic E-state index is 11.3. The third kappa shape index (κ3) is 4.79. The van der Waals surface area contributed by atoms with Gasteiger partial charge in [-0.25, -0.2) is 0 Å². The molecule has 0 fully saturated rings. The van der Waals surface area contributed by atoms with E-state index in [1.54, 1.807) is 11.9 Å². The van der Waals surface area contributed by atoms with E-state index >= 15 is 0 Å². The Hall–Kier alpha value is -2.40. The van der Waals surface area contributed by atoms with E-state index in [4.69, 9.17) is 12.2 Å². The number of carbonyl (C=O) groups is 1. The molecule has 0 atom stereocenters. The summed E-state index contributed by atoms with van der Waals surface area (Å²) in [5, 5.41) is 6.86. The number of nitrogens with zero attached hydrogens (tertiary/aromatic N) is 1. The molecule has 5 heteroatoms. The van der Waals surface area contributed by atoms with E-state index < -0.39 is 0 Å². The first-order chi connectivity index (χ1) is 10.8. The Morgan fingerprint density at radius 1 is 0.957 bits per heavy atom. The highest BCUT2D eigenvalue weighted by Gasteiger charge is 2.05. The molecule has 0 aromatic heterocycles. The van der Waals surface area contributed by atoms with Gasteiger partial charge in [-0.05, 0) is 73.6 Å². The highest BCUT2D eigenvalue weighted by atomic mass is 32.1. The second kappa shape index (κ2) is 7.24. The average molecular weight is 327 g/mol. The lowest BCUT2D eigenvalue weighted by Gasteiger charge is -2.16. The van der Waals surface area contributed by atoms with Crippen molar-refractivity contribution in [1.29, 1.82) is 0 Å².